The molecule has 1 aromatic carbocycles. The molecule has 0 fully saturated rings. The summed E-state index contributed by atoms with van der Waals surface area (Å²) in [6, 6.07) is 8.00. The van der Waals surface area contributed by atoms with E-state index in [1.165, 1.54) is 5.56 Å². The fraction of sp³-hybridized carbons (Fsp3) is 0.529. The monoisotopic (exact) mass is 291 g/mol. The Balaban J connectivity index is 2.27. The highest BCUT2D eigenvalue weighted by Gasteiger charge is 2.12. The first kappa shape index (κ1) is 17.2. The van der Waals surface area contributed by atoms with Gasteiger partial charge in [-0.1, -0.05) is 43.2 Å². The number of carbonyl (C=O) groups is 2. The number of carboxylic acids is 1. The lowest BCUT2D eigenvalue weighted by Crippen LogP contribution is -2.33. The molecule has 0 aromatic heterocycles. The van der Waals surface area contributed by atoms with Gasteiger partial charge in [-0.25, -0.2) is 0 Å². The van der Waals surface area contributed by atoms with Crippen molar-refractivity contribution in [3.05, 3.63) is 35.4 Å². The maximum Gasteiger partial charge on any atom is 0.306 e. The molecular weight excluding hydrogens is 266 g/mol. The summed E-state index contributed by atoms with van der Waals surface area (Å²) in [5.41, 5.74) is 2.19. The summed E-state index contributed by atoms with van der Waals surface area (Å²) in [6.45, 7) is 5.69. The Morgan fingerprint density at radius 3 is 2.33 bits per heavy atom. The van der Waals surface area contributed by atoms with Crippen molar-refractivity contribution in [2.24, 2.45) is 5.92 Å². The highest BCUT2D eigenvalue weighted by Crippen LogP contribution is 2.10. The zero-order valence-electron chi connectivity index (χ0n) is 13.1. The van der Waals surface area contributed by atoms with Crippen LogP contribution in [0.4, 0.5) is 0 Å². The first-order chi connectivity index (χ1) is 9.88. The number of benzene rings is 1. The van der Waals surface area contributed by atoms with E-state index < -0.39 is 5.97 Å². The molecule has 0 saturated heterocycles. The number of rotatable bonds is 8. The van der Waals surface area contributed by atoms with Gasteiger partial charge >= 0.3 is 5.97 Å². The maximum atomic E-state index is 11.9. The Morgan fingerprint density at radius 2 is 1.76 bits per heavy atom. The lowest BCUT2D eigenvalue weighted by Gasteiger charge is -2.14. The normalized spacial score (nSPS) is 13.5. The molecule has 2 atom stereocenters. The van der Waals surface area contributed by atoms with E-state index in [4.69, 9.17) is 5.11 Å². The number of aliphatic carboxylic acids is 1. The minimum Gasteiger partial charge on any atom is -0.481 e. The predicted molar refractivity (Wildman–Crippen MR) is 83.1 cm³/mol. The van der Waals surface area contributed by atoms with Crippen LogP contribution in [-0.2, 0) is 16.0 Å². The molecule has 116 valence electrons. The van der Waals surface area contributed by atoms with Crippen LogP contribution in [0.1, 0.15) is 44.2 Å². The molecule has 0 saturated carbocycles. The van der Waals surface area contributed by atoms with E-state index >= 15 is 0 Å². The van der Waals surface area contributed by atoms with Gasteiger partial charge in [-0.15, -0.1) is 0 Å². The third-order valence-corrected chi connectivity index (χ3v) is 3.59. The van der Waals surface area contributed by atoms with E-state index in [-0.39, 0.29) is 17.9 Å². The zero-order chi connectivity index (χ0) is 15.8. The fourth-order valence-corrected chi connectivity index (χ4v) is 2.14. The number of amides is 1. The summed E-state index contributed by atoms with van der Waals surface area (Å²) in [4.78, 5) is 22.6. The molecule has 0 aliphatic heterocycles. The average molecular weight is 291 g/mol. The second kappa shape index (κ2) is 8.45. The van der Waals surface area contributed by atoms with Crippen LogP contribution >= 0.6 is 0 Å². The molecule has 4 nitrogen and oxygen atoms in total. The number of hydrogen-bond acceptors (Lipinski definition) is 2. The minimum absolute atomic E-state index is 0.0117. The summed E-state index contributed by atoms with van der Waals surface area (Å²) in [5, 5.41) is 11.8. The van der Waals surface area contributed by atoms with Crippen molar-refractivity contribution >= 4 is 11.9 Å². The molecule has 0 aliphatic carbocycles. The van der Waals surface area contributed by atoms with Crippen molar-refractivity contribution in [1.29, 1.82) is 0 Å². The number of hydrogen-bond donors (Lipinski definition) is 2. The van der Waals surface area contributed by atoms with Crippen LogP contribution in [0.5, 0.6) is 0 Å². The van der Waals surface area contributed by atoms with Crippen LogP contribution in [-0.4, -0.2) is 23.0 Å². The van der Waals surface area contributed by atoms with Gasteiger partial charge in [-0.2, -0.15) is 0 Å². The number of carboxylic acid groups (broad SMARTS) is 1. The summed E-state index contributed by atoms with van der Waals surface area (Å²) >= 11 is 0. The Labute approximate surface area is 126 Å². The second-order valence-corrected chi connectivity index (χ2v) is 5.80. The Bertz CT molecular complexity index is 467. The molecule has 0 heterocycles. The van der Waals surface area contributed by atoms with Crippen molar-refractivity contribution < 1.29 is 14.7 Å². The van der Waals surface area contributed by atoms with Gasteiger partial charge in [0.15, 0.2) is 0 Å². The lowest BCUT2D eigenvalue weighted by atomic mass is 10.0. The summed E-state index contributed by atoms with van der Waals surface area (Å²) in [7, 11) is 0. The van der Waals surface area contributed by atoms with Gasteiger partial charge in [0, 0.05) is 6.04 Å². The number of aryl methyl sites for hydroxylation is 1. The minimum atomic E-state index is -0.758. The van der Waals surface area contributed by atoms with Gasteiger partial charge in [0.1, 0.15) is 0 Å². The van der Waals surface area contributed by atoms with Gasteiger partial charge < -0.3 is 10.4 Å². The third kappa shape index (κ3) is 6.93. The quantitative estimate of drug-likeness (QED) is 0.774. The molecule has 0 bridgehead atoms. The largest absolute Gasteiger partial charge is 0.481 e. The zero-order valence-corrected chi connectivity index (χ0v) is 13.1. The van der Waals surface area contributed by atoms with Crippen LogP contribution in [0.15, 0.2) is 24.3 Å². The van der Waals surface area contributed by atoms with Crippen LogP contribution in [0.2, 0.25) is 0 Å². The molecule has 1 amide bonds. The van der Waals surface area contributed by atoms with Crippen molar-refractivity contribution in [2.75, 3.05) is 0 Å². The molecule has 2 unspecified atom stereocenters. The molecule has 4 heteroatoms. The smallest absolute Gasteiger partial charge is 0.306 e. The van der Waals surface area contributed by atoms with Gasteiger partial charge in [0.2, 0.25) is 5.91 Å². The van der Waals surface area contributed by atoms with Crippen LogP contribution in [0, 0.1) is 12.8 Å². The fourth-order valence-electron chi connectivity index (χ4n) is 2.14. The highest BCUT2D eigenvalue weighted by atomic mass is 16.4. The van der Waals surface area contributed by atoms with Crippen molar-refractivity contribution in [3.63, 3.8) is 0 Å². The third-order valence-electron chi connectivity index (χ3n) is 3.59. The molecule has 0 spiro atoms. The second-order valence-electron chi connectivity index (χ2n) is 5.80. The van der Waals surface area contributed by atoms with E-state index in [1.54, 1.807) is 6.92 Å². The number of carbonyl (C=O) groups excluding carboxylic acids is 1. The van der Waals surface area contributed by atoms with Crippen LogP contribution < -0.4 is 5.32 Å². The summed E-state index contributed by atoms with van der Waals surface area (Å²) in [5.74, 6) is -1.07. The predicted octanol–water partition coefficient (Wildman–Crippen LogP) is 2.93. The Morgan fingerprint density at radius 1 is 1.14 bits per heavy atom. The molecule has 0 aliphatic rings. The molecule has 0 radical (unpaired) electrons. The first-order valence-corrected chi connectivity index (χ1v) is 7.46. The molecule has 1 aromatic rings. The van der Waals surface area contributed by atoms with E-state index in [0.29, 0.717) is 12.8 Å². The van der Waals surface area contributed by atoms with Crippen LogP contribution in [0.3, 0.4) is 0 Å². The van der Waals surface area contributed by atoms with E-state index in [0.717, 1.165) is 18.4 Å². The SMILES string of the molecule is Cc1ccc(CC(=O)NC(C)CCCC(C)C(=O)O)cc1. The van der Waals surface area contributed by atoms with Crippen molar-refractivity contribution in [3.8, 4) is 0 Å². The first-order valence-electron chi connectivity index (χ1n) is 7.46. The van der Waals surface area contributed by atoms with E-state index in [2.05, 4.69) is 5.32 Å². The molecule has 2 N–H and O–H groups in total. The van der Waals surface area contributed by atoms with Crippen LogP contribution in [0.25, 0.3) is 0 Å². The van der Waals surface area contributed by atoms with E-state index in [1.807, 2.05) is 38.1 Å². The van der Waals surface area contributed by atoms with Gasteiger partial charge in [-0.05, 0) is 32.3 Å². The Hall–Kier alpha value is -1.84. The van der Waals surface area contributed by atoms with Gasteiger partial charge in [-0.3, -0.25) is 9.59 Å². The summed E-state index contributed by atoms with van der Waals surface area (Å²) < 4.78 is 0. The highest BCUT2D eigenvalue weighted by molar-refractivity contribution is 5.78. The maximum absolute atomic E-state index is 11.9. The lowest BCUT2D eigenvalue weighted by molar-refractivity contribution is -0.141. The van der Waals surface area contributed by atoms with E-state index in [9.17, 15) is 9.59 Å². The van der Waals surface area contributed by atoms with Gasteiger partial charge in [0.25, 0.3) is 0 Å². The molecular formula is C17H25NO3. The van der Waals surface area contributed by atoms with Crippen molar-refractivity contribution in [2.45, 2.75) is 52.5 Å². The molecule has 1 rings (SSSR count). The summed E-state index contributed by atoms with van der Waals surface area (Å²) in [6.07, 6.45) is 2.64. The van der Waals surface area contributed by atoms with Gasteiger partial charge in [0.05, 0.1) is 12.3 Å². The average Bonchev–Trinajstić information content (AvgIpc) is 2.41. The molecule has 21 heavy (non-hydrogen) atoms. The number of nitrogens with one attached hydrogen (secondary N) is 1. The Kier molecular flexibility index (Phi) is 6.92. The topological polar surface area (TPSA) is 66.4 Å². The standard InChI is InChI=1S/C17H25NO3/c1-12-7-9-15(10-8-12)11-16(19)18-14(3)6-4-5-13(2)17(20)21/h7-10,13-14H,4-6,11H2,1-3H3,(H,18,19)(H,20,21). The van der Waals surface area contributed by atoms with Crippen molar-refractivity contribution in [1.82, 2.24) is 5.32 Å².